The summed E-state index contributed by atoms with van der Waals surface area (Å²) in [5.41, 5.74) is 3.19. The van der Waals surface area contributed by atoms with E-state index in [1.807, 2.05) is 60.7 Å². The van der Waals surface area contributed by atoms with Crippen molar-refractivity contribution in [2.24, 2.45) is 0 Å². The monoisotopic (exact) mass is 621 g/mol. The van der Waals surface area contributed by atoms with Gasteiger partial charge in [0.05, 0.1) is 16.9 Å². The van der Waals surface area contributed by atoms with E-state index in [2.05, 4.69) is 34.1 Å². The first-order valence-electron chi connectivity index (χ1n) is 15.3. The van der Waals surface area contributed by atoms with Gasteiger partial charge in [0.2, 0.25) is 5.91 Å². The molecule has 0 atom stereocenters. The molecule has 232 valence electrons. The number of nitrogens with one attached hydrogen (secondary N) is 3. The highest BCUT2D eigenvalue weighted by Crippen LogP contribution is 2.26. The third-order valence-electron chi connectivity index (χ3n) is 7.12. The molecule has 0 aliphatic heterocycles. The lowest BCUT2D eigenvalue weighted by Crippen LogP contribution is -2.31. The van der Waals surface area contributed by atoms with Crippen molar-refractivity contribution in [3.8, 4) is 11.8 Å². The van der Waals surface area contributed by atoms with Gasteiger partial charge in [0.25, 0.3) is 15.9 Å². The fraction of sp³-hybridized carbons (Fsp3) is 0.243. The van der Waals surface area contributed by atoms with Crippen molar-refractivity contribution < 1.29 is 18.0 Å². The molecule has 0 bridgehead atoms. The van der Waals surface area contributed by atoms with Crippen molar-refractivity contribution in [3.05, 3.63) is 120 Å². The molecule has 0 saturated heterocycles. The topological polar surface area (TPSA) is 104 Å². The highest BCUT2D eigenvalue weighted by atomic mass is 32.2. The van der Waals surface area contributed by atoms with Gasteiger partial charge in [-0.15, -0.1) is 0 Å². The number of anilines is 3. The number of unbranched alkanes of at least 4 members (excludes halogenated alkanes) is 6. The van der Waals surface area contributed by atoms with Crippen LogP contribution in [0.2, 0.25) is 0 Å². The summed E-state index contributed by atoms with van der Waals surface area (Å²) in [4.78, 5) is 25.9. The van der Waals surface area contributed by atoms with Crippen LogP contribution in [0.5, 0.6) is 0 Å². The number of benzene rings is 4. The third kappa shape index (κ3) is 10.4. The molecule has 0 fully saturated rings. The molecular formula is C37H39N3O4S. The average molecular weight is 622 g/mol. The van der Waals surface area contributed by atoms with E-state index in [9.17, 15) is 18.0 Å². The van der Waals surface area contributed by atoms with E-state index in [0.717, 1.165) is 30.5 Å². The molecule has 0 saturated carbocycles. The fourth-order valence-electron chi connectivity index (χ4n) is 4.76. The maximum Gasteiger partial charge on any atom is 0.266 e. The number of hydrogen-bond acceptors (Lipinski definition) is 5. The standard InChI is InChI=1S/C37H39N3O4S/c1-2-3-4-5-6-7-14-23-36(41)40-45(43,44)35-22-16-15-21-33(35)39-37(42)32-27-26-30(25-24-29-17-10-8-11-18-29)28-34(32)38-31-19-12-9-13-20-31/h8-13,15-22,26-28,38H,2-7,14,23H2,1H3,(H,39,42)(H,40,41). The molecule has 0 aromatic heterocycles. The molecule has 0 aliphatic rings. The maximum atomic E-state index is 13.6. The number of carbonyl (C=O) groups is 2. The Balaban J connectivity index is 1.50. The Labute approximate surface area is 266 Å². The van der Waals surface area contributed by atoms with Crippen LogP contribution in [0.25, 0.3) is 0 Å². The summed E-state index contributed by atoms with van der Waals surface area (Å²) in [7, 11) is -4.22. The van der Waals surface area contributed by atoms with Crippen LogP contribution >= 0.6 is 0 Å². The van der Waals surface area contributed by atoms with E-state index in [4.69, 9.17) is 0 Å². The van der Waals surface area contributed by atoms with E-state index in [0.29, 0.717) is 23.2 Å². The predicted molar refractivity (Wildman–Crippen MR) is 181 cm³/mol. The Kier molecular flexibility index (Phi) is 12.4. The van der Waals surface area contributed by atoms with Gasteiger partial charge in [0.15, 0.2) is 0 Å². The van der Waals surface area contributed by atoms with E-state index in [1.54, 1.807) is 30.3 Å². The normalized spacial score (nSPS) is 10.8. The Hall–Kier alpha value is -4.87. The molecule has 0 spiro atoms. The first-order valence-corrected chi connectivity index (χ1v) is 16.8. The summed E-state index contributed by atoms with van der Waals surface area (Å²) in [6.07, 6.45) is 7.31. The summed E-state index contributed by atoms with van der Waals surface area (Å²) in [5, 5.41) is 6.02. The van der Waals surface area contributed by atoms with Crippen LogP contribution in [-0.2, 0) is 14.8 Å². The van der Waals surface area contributed by atoms with Crippen LogP contribution < -0.4 is 15.4 Å². The molecule has 7 nitrogen and oxygen atoms in total. The average Bonchev–Trinajstić information content (AvgIpc) is 3.04. The van der Waals surface area contributed by atoms with Crippen LogP contribution in [0, 0.1) is 11.8 Å². The van der Waals surface area contributed by atoms with Gasteiger partial charge in [-0.1, -0.05) is 106 Å². The molecule has 4 rings (SSSR count). The second kappa shape index (κ2) is 16.8. The number of sulfonamides is 1. The van der Waals surface area contributed by atoms with Crippen molar-refractivity contribution in [2.45, 2.75) is 63.2 Å². The van der Waals surface area contributed by atoms with Gasteiger partial charge in [0.1, 0.15) is 4.90 Å². The zero-order valence-electron chi connectivity index (χ0n) is 25.5. The molecule has 0 aliphatic carbocycles. The molecule has 0 unspecified atom stereocenters. The van der Waals surface area contributed by atoms with Crippen LogP contribution in [-0.4, -0.2) is 20.2 Å². The minimum absolute atomic E-state index is 0.0670. The zero-order valence-corrected chi connectivity index (χ0v) is 26.3. The van der Waals surface area contributed by atoms with Gasteiger partial charge in [-0.3, -0.25) is 9.59 Å². The Bertz CT molecular complexity index is 1740. The van der Waals surface area contributed by atoms with Gasteiger partial charge in [-0.25, -0.2) is 13.1 Å². The summed E-state index contributed by atoms with van der Waals surface area (Å²) in [6, 6.07) is 30.2. The molecule has 8 heteroatoms. The number of amides is 2. The first kappa shape index (κ1) is 33.0. The fourth-order valence-corrected chi connectivity index (χ4v) is 5.94. The lowest BCUT2D eigenvalue weighted by molar-refractivity contribution is -0.119. The van der Waals surface area contributed by atoms with Gasteiger partial charge >= 0.3 is 0 Å². The summed E-state index contributed by atoms with van der Waals surface area (Å²) >= 11 is 0. The van der Waals surface area contributed by atoms with Crippen molar-refractivity contribution in [3.63, 3.8) is 0 Å². The van der Waals surface area contributed by atoms with Gasteiger partial charge in [-0.05, 0) is 61.0 Å². The lowest BCUT2D eigenvalue weighted by Gasteiger charge is -2.15. The van der Waals surface area contributed by atoms with Crippen molar-refractivity contribution >= 4 is 38.9 Å². The largest absolute Gasteiger partial charge is 0.355 e. The lowest BCUT2D eigenvalue weighted by atomic mass is 10.1. The molecule has 4 aromatic rings. The quantitative estimate of drug-likeness (QED) is 0.0977. The summed E-state index contributed by atoms with van der Waals surface area (Å²) in [5.74, 6) is 5.18. The maximum absolute atomic E-state index is 13.6. The van der Waals surface area contributed by atoms with Gasteiger partial charge < -0.3 is 10.6 Å². The van der Waals surface area contributed by atoms with Crippen LogP contribution in [0.15, 0.2) is 108 Å². The molecule has 0 radical (unpaired) electrons. The smallest absolute Gasteiger partial charge is 0.266 e. The Morgan fingerprint density at radius 1 is 0.667 bits per heavy atom. The number of hydrogen-bond donors (Lipinski definition) is 3. The minimum atomic E-state index is -4.22. The number of rotatable bonds is 14. The van der Waals surface area contributed by atoms with E-state index in [1.165, 1.54) is 31.4 Å². The SMILES string of the molecule is CCCCCCCCCC(=O)NS(=O)(=O)c1ccccc1NC(=O)c1ccc(C#Cc2ccccc2)cc1Nc1ccccc1. The molecule has 0 heterocycles. The highest BCUT2D eigenvalue weighted by Gasteiger charge is 2.23. The number of para-hydroxylation sites is 2. The predicted octanol–water partition coefficient (Wildman–Crippen LogP) is 8.03. The van der Waals surface area contributed by atoms with Gasteiger partial charge in [0, 0.05) is 23.2 Å². The second-order valence-corrected chi connectivity index (χ2v) is 12.4. The van der Waals surface area contributed by atoms with E-state index < -0.39 is 21.8 Å². The Morgan fingerprint density at radius 3 is 2.02 bits per heavy atom. The molecular weight excluding hydrogens is 582 g/mol. The van der Waals surface area contributed by atoms with Crippen molar-refractivity contribution in [2.75, 3.05) is 10.6 Å². The highest BCUT2D eigenvalue weighted by molar-refractivity contribution is 7.90. The molecule has 2 amide bonds. The first-order chi connectivity index (χ1) is 21.9. The van der Waals surface area contributed by atoms with Crippen LogP contribution in [0.3, 0.4) is 0 Å². The summed E-state index contributed by atoms with van der Waals surface area (Å²) < 4.78 is 28.6. The minimum Gasteiger partial charge on any atom is -0.355 e. The molecule has 4 aromatic carbocycles. The van der Waals surface area contributed by atoms with E-state index >= 15 is 0 Å². The Morgan fingerprint density at radius 2 is 1.29 bits per heavy atom. The number of carbonyl (C=O) groups excluding carboxylic acids is 2. The molecule has 45 heavy (non-hydrogen) atoms. The van der Waals surface area contributed by atoms with E-state index in [-0.39, 0.29) is 17.0 Å². The summed E-state index contributed by atoms with van der Waals surface area (Å²) in [6.45, 7) is 2.16. The zero-order chi connectivity index (χ0) is 31.9. The van der Waals surface area contributed by atoms with Crippen LogP contribution in [0.4, 0.5) is 17.1 Å². The van der Waals surface area contributed by atoms with Gasteiger partial charge in [-0.2, -0.15) is 0 Å². The molecule has 3 N–H and O–H groups in total. The van der Waals surface area contributed by atoms with Crippen LogP contribution in [0.1, 0.15) is 79.8 Å². The van der Waals surface area contributed by atoms with Crippen molar-refractivity contribution in [1.29, 1.82) is 0 Å². The van der Waals surface area contributed by atoms with Crippen molar-refractivity contribution in [1.82, 2.24) is 4.72 Å². The second-order valence-electron chi connectivity index (χ2n) is 10.7. The third-order valence-corrected chi connectivity index (χ3v) is 8.55.